The zero-order valence-electron chi connectivity index (χ0n) is 5.60. The molecule has 2 heteroatoms. The zero-order chi connectivity index (χ0) is 6.95. The maximum absolute atomic E-state index is 5.29. The first-order valence-corrected chi connectivity index (χ1v) is 4.28. The maximum atomic E-state index is 5.29. The monoisotopic (exact) mass is 143 g/mol. The van der Waals surface area contributed by atoms with E-state index in [-0.39, 0.29) is 0 Å². The van der Waals surface area contributed by atoms with E-state index in [4.69, 9.17) is 12.2 Å². The Labute approximate surface area is 61.4 Å². The maximum Gasteiger partial charge on any atom is 0.0544 e. The molecule has 0 saturated heterocycles. The highest BCUT2D eigenvalue weighted by Crippen LogP contribution is 2.01. The molecule has 0 aliphatic heterocycles. The molecule has 0 rings (SSSR count). The molecule has 0 unspecified atom stereocenters. The fourth-order valence-electron chi connectivity index (χ4n) is 0.480. The van der Waals surface area contributed by atoms with E-state index >= 15 is 0 Å². The van der Waals surface area contributed by atoms with Crippen LogP contribution in [0.2, 0.25) is 0 Å². The summed E-state index contributed by atoms with van der Waals surface area (Å²) in [4.78, 5) is 0. The highest BCUT2D eigenvalue weighted by molar-refractivity contribution is 7.99. The van der Waals surface area contributed by atoms with Crippen LogP contribution < -0.4 is 5.73 Å². The molecule has 9 heavy (non-hydrogen) atoms. The average molecular weight is 143 g/mol. The van der Waals surface area contributed by atoms with Gasteiger partial charge in [-0.15, -0.1) is 18.2 Å². The lowest BCUT2D eigenvalue weighted by Crippen LogP contribution is -1.98. The molecule has 0 atom stereocenters. The second-order valence-electron chi connectivity index (χ2n) is 1.75. The van der Waals surface area contributed by atoms with Crippen molar-refractivity contribution in [1.29, 1.82) is 0 Å². The number of nitrogens with two attached hydrogens (primary N) is 1. The SMILES string of the molecule is C#CCSCCCCN. The summed E-state index contributed by atoms with van der Waals surface area (Å²) in [6.07, 6.45) is 7.37. The van der Waals surface area contributed by atoms with Crippen LogP contribution >= 0.6 is 11.8 Å². The van der Waals surface area contributed by atoms with Crippen molar-refractivity contribution in [2.45, 2.75) is 12.8 Å². The van der Waals surface area contributed by atoms with Gasteiger partial charge in [0.25, 0.3) is 0 Å². The van der Waals surface area contributed by atoms with Crippen LogP contribution in [0, 0.1) is 12.3 Å². The topological polar surface area (TPSA) is 26.0 Å². The second-order valence-corrected chi connectivity index (χ2v) is 2.86. The standard InChI is InChI=1S/C7H13NS/c1-2-6-9-7-4-3-5-8/h1H,3-8H2. The van der Waals surface area contributed by atoms with E-state index in [1.807, 2.05) is 0 Å². The molecule has 0 heterocycles. The molecule has 0 aromatic heterocycles. The van der Waals surface area contributed by atoms with Gasteiger partial charge >= 0.3 is 0 Å². The Kier molecular flexibility index (Phi) is 7.76. The van der Waals surface area contributed by atoms with Gasteiger partial charge in [0.05, 0.1) is 5.75 Å². The van der Waals surface area contributed by atoms with Crippen LogP contribution in [0.3, 0.4) is 0 Å². The molecule has 0 radical (unpaired) electrons. The lowest BCUT2D eigenvalue weighted by Gasteiger charge is -1.94. The molecular weight excluding hydrogens is 130 g/mol. The molecule has 0 amide bonds. The molecule has 0 aromatic rings. The van der Waals surface area contributed by atoms with Crippen molar-refractivity contribution < 1.29 is 0 Å². The van der Waals surface area contributed by atoms with Crippen molar-refractivity contribution in [3.05, 3.63) is 0 Å². The van der Waals surface area contributed by atoms with Crippen LogP contribution in [0.1, 0.15) is 12.8 Å². The van der Waals surface area contributed by atoms with Gasteiger partial charge in [0, 0.05) is 0 Å². The number of rotatable bonds is 5. The summed E-state index contributed by atoms with van der Waals surface area (Å²) < 4.78 is 0. The Hall–Kier alpha value is -0.130. The van der Waals surface area contributed by atoms with Gasteiger partial charge in [0.2, 0.25) is 0 Å². The number of unbranched alkanes of at least 4 members (excludes halogenated alkanes) is 1. The third-order valence-electron chi connectivity index (χ3n) is 0.928. The molecule has 0 aromatic carbocycles. The van der Waals surface area contributed by atoms with E-state index in [0.29, 0.717) is 0 Å². The number of hydrogen-bond donors (Lipinski definition) is 1. The summed E-state index contributed by atoms with van der Waals surface area (Å²) in [6, 6.07) is 0. The van der Waals surface area contributed by atoms with Gasteiger partial charge in [-0.25, -0.2) is 0 Å². The third-order valence-corrected chi connectivity index (χ3v) is 1.88. The first-order valence-electron chi connectivity index (χ1n) is 3.13. The van der Waals surface area contributed by atoms with Crippen LogP contribution in [0.15, 0.2) is 0 Å². The summed E-state index contributed by atoms with van der Waals surface area (Å²) >= 11 is 1.80. The number of terminal acetylenes is 1. The first-order chi connectivity index (χ1) is 4.41. The molecule has 1 nitrogen and oxygen atoms in total. The minimum Gasteiger partial charge on any atom is -0.330 e. The van der Waals surface area contributed by atoms with E-state index in [1.54, 1.807) is 11.8 Å². The summed E-state index contributed by atoms with van der Waals surface area (Å²) in [6.45, 7) is 0.802. The predicted molar refractivity (Wildman–Crippen MR) is 44.4 cm³/mol. The fraction of sp³-hybridized carbons (Fsp3) is 0.714. The van der Waals surface area contributed by atoms with E-state index < -0.39 is 0 Å². The van der Waals surface area contributed by atoms with Gasteiger partial charge in [-0.2, -0.15) is 0 Å². The summed E-state index contributed by atoms with van der Waals surface area (Å²) in [7, 11) is 0. The van der Waals surface area contributed by atoms with Crippen molar-refractivity contribution >= 4 is 11.8 Å². The van der Waals surface area contributed by atoms with Crippen molar-refractivity contribution in [2.24, 2.45) is 5.73 Å². The minimum atomic E-state index is 0.802. The molecule has 0 bridgehead atoms. The van der Waals surface area contributed by atoms with Gasteiger partial charge in [0.15, 0.2) is 0 Å². The lowest BCUT2D eigenvalue weighted by atomic mass is 10.3. The summed E-state index contributed by atoms with van der Waals surface area (Å²) in [5, 5.41) is 0. The number of hydrogen-bond acceptors (Lipinski definition) is 2. The summed E-state index contributed by atoms with van der Waals surface area (Å²) in [5.74, 6) is 4.57. The van der Waals surface area contributed by atoms with Crippen molar-refractivity contribution in [3.63, 3.8) is 0 Å². The van der Waals surface area contributed by atoms with Gasteiger partial charge < -0.3 is 5.73 Å². The second kappa shape index (κ2) is 7.87. The average Bonchev–Trinajstić information content (AvgIpc) is 1.89. The number of thioether (sulfide) groups is 1. The lowest BCUT2D eigenvalue weighted by molar-refractivity contribution is 0.815. The fourth-order valence-corrected chi connectivity index (χ4v) is 1.15. The Morgan fingerprint density at radius 2 is 2.22 bits per heavy atom. The minimum absolute atomic E-state index is 0.802. The van der Waals surface area contributed by atoms with E-state index in [9.17, 15) is 0 Å². The van der Waals surface area contributed by atoms with E-state index in [1.165, 1.54) is 6.42 Å². The normalized spacial score (nSPS) is 8.89. The Morgan fingerprint density at radius 1 is 1.44 bits per heavy atom. The molecule has 0 aliphatic carbocycles. The van der Waals surface area contributed by atoms with Crippen molar-refractivity contribution in [1.82, 2.24) is 0 Å². The van der Waals surface area contributed by atoms with Crippen LogP contribution in [0.4, 0.5) is 0 Å². The molecule has 0 saturated carbocycles. The van der Waals surface area contributed by atoms with Crippen molar-refractivity contribution in [2.75, 3.05) is 18.1 Å². The van der Waals surface area contributed by atoms with Crippen LogP contribution in [0.25, 0.3) is 0 Å². The summed E-state index contributed by atoms with van der Waals surface area (Å²) in [5.41, 5.74) is 5.29. The highest BCUT2D eigenvalue weighted by Gasteiger charge is 1.84. The van der Waals surface area contributed by atoms with Gasteiger partial charge in [-0.1, -0.05) is 5.92 Å². The van der Waals surface area contributed by atoms with Crippen molar-refractivity contribution in [3.8, 4) is 12.3 Å². The zero-order valence-corrected chi connectivity index (χ0v) is 6.41. The van der Waals surface area contributed by atoms with Crippen LogP contribution in [-0.2, 0) is 0 Å². The van der Waals surface area contributed by atoms with E-state index in [0.717, 1.165) is 24.5 Å². The third kappa shape index (κ3) is 7.87. The predicted octanol–water partition coefficient (Wildman–Crippen LogP) is 1.09. The molecular formula is C7H13NS. The van der Waals surface area contributed by atoms with E-state index in [2.05, 4.69) is 5.92 Å². The Bertz CT molecular complexity index is 85.4. The van der Waals surface area contributed by atoms with Crippen LogP contribution in [0.5, 0.6) is 0 Å². The molecule has 0 spiro atoms. The van der Waals surface area contributed by atoms with Gasteiger partial charge in [0.1, 0.15) is 0 Å². The van der Waals surface area contributed by atoms with Crippen LogP contribution in [-0.4, -0.2) is 18.1 Å². The van der Waals surface area contributed by atoms with Gasteiger partial charge in [-0.05, 0) is 25.1 Å². The quantitative estimate of drug-likeness (QED) is 0.460. The Balaban J connectivity index is 2.69. The molecule has 0 fully saturated rings. The molecule has 52 valence electrons. The smallest absolute Gasteiger partial charge is 0.0544 e. The molecule has 2 N–H and O–H groups in total. The first kappa shape index (κ1) is 8.87. The molecule has 0 aliphatic rings. The highest BCUT2D eigenvalue weighted by atomic mass is 32.2. The van der Waals surface area contributed by atoms with Gasteiger partial charge in [-0.3, -0.25) is 0 Å². The Morgan fingerprint density at radius 3 is 2.78 bits per heavy atom. The largest absolute Gasteiger partial charge is 0.330 e.